The third kappa shape index (κ3) is 1.72. The van der Waals surface area contributed by atoms with Crippen LogP contribution in [0, 0.1) is 34.0 Å². The second-order valence-electron chi connectivity index (χ2n) is 9.83. The van der Waals surface area contributed by atoms with Crippen LogP contribution in [0.15, 0.2) is 11.6 Å². The third-order valence-electron chi connectivity index (χ3n) is 9.82. The summed E-state index contributed by atoms with van der Waals surface area (Å²) in [6.07, 6.45) is 12.8. The molecule has 0 unspecified atom stereocenters. The van der Waals surface area contributed by atoms with E-state index < -0.39 is 0 Å². The Balaban J connectivity index is 1.54. The number of rotatable bonds is 2. The zero-order chi connectivity index (χ0) is 17.4. The van der Waals surface area contributed by atoms with Gasteiger partial charge in [-0.2, -0.15) is 0 Å². The van der Waals surface area contributed by atoms with Crippen molar-refractivity contribution in [2.45, 2.75) is 71.1 Å². The smallest absolute Gasteiger partial charge is 0.164 e. The molecular formula is C22H30O3. The van der Waals surface area contributed by atoms with E-state index in [1.54, 1.807) is 0 Å². The summed E-state index contributed by atoms with van der Waals surface area (Å²) in [6.45, 7) is 2.12. The molecule has 0 spiro atoms. The number of carbonyl (C=O) groups is 2. The molecule has 4 fully saturated rings. The van der Waals surface area contributed by atoms with Gasteiger partial charge in [0, 0.05) is 11.8 Å². The van der Waals surface area contributed by atoms with Crippen LogP contribution in [0.1, 0.15) is 71.1 Å². The summed E-state index contributed by atoms with van der Waals surface area (Å²) in [7, 11) is 0. The minimum Gasteiger partial charge on any atom is -0.389 e. The van der Waals surface area contributed by atoms with E-state index in [9.17, 15) is 14.7 Å². The molecule has 0 radical (unpaired) electrons. The first-order valence-electron chi connectivity index (χ1n) is 10.3. The molecule has 0 heterocycles. The molecule has 3 heteroatoms. The second kappa shape index (κ2) is 5.06. The highest BCUT2D eigenvalue weighted by Crippen LogP contribution is 2.80. The molecular weight excluding hydrogens is 312 g/mol. The summed E-state index contributed by atoms with van der Waals surface area (Å²) >= 11 is 0. The van der Waals surface area contributed by atoms with Crippen LogP contribution in [0.3, 0.4) is 0 Å². The maximum absolute atomic E-state index is 12.8. The number of allylic oxidation sites excluding steroid dienone is 1. The highest BCUT2D eigenvalue weighted by atomic mass is 16.3. The van der Waals surface area contributed by atoms with Gasteiger partial charge in [0.15, 0.2) is 11.6 Å². The molecule has 0 aliphatic heterocycles. The molecule has 4 saturated carbocycles. The molecule has 1 N–H and O–H groups in total. The van der Waals surface area contributed by atoms with Crippen molar-refractivity contribution in [3.63, 3.8) is 0 Å². The van der Waals surface area contributed by atoms with E-state index in [1.165, 1.54) is 31.3 Å². The number of hydrogen-bond acceptors (Lipinski definition) is 3. The van der Waals surface area contributed by atoms with Gasteiger partial charge in [-0.15, -0.1) is 0 Å². The number of Topliss-reactive ketones (excluding diaryl/α,β-unsaturated/α-hetero) is 1. The molecule has 136 valence electrons. The molecule has 3 nitrogen and oxygen atoms in total. The van der Waals surface area contributed by atoms with Crippen LogP contribution in [0.25, 0.3) is 0 Å². The fourth-order valence-electron chi connectivity index (χ4n) is 8.69. The summed E-state index contributed by atoms with van der Waals surface area (Å²) in [5.74, 6) is 2.52. The van der Waals surface area contributed by atoms with Crippen molar-refractivity contribution < 1.29 is 14.7 Å². The van der Waals surface area contributed by atoms with Crippen molar-refractivity contribution in [3.8, 4) is 0 Å². The van der Waals surface area contributed by atoms with Crippen molar-refractivity contribution >= 4 is 11.6 Å². The number of aliphatic hydroxyl groups is 1. The molecule has 0 aromatic carbocycles. The number of ketones is 2. The Morgan fingerprint density at radius 1 is 1.12 bits per heavy atom. The first-order chi connectivity index (χ1) is 12.0. The first-order valence-corrected chi connectivity index (χ1v) is 10.3. The van der Waals surface area contributed by atoms with Gasteiger partial charge in [-0.1, -0.05) is 12.5 Å². The van der Waals surface area contributed by atoms with Crippen LogP contribution in [0.2, 0.25) is 0 Å². The lowest BCUT2D eigenvalue weighted by Gasteiger charge is -2.59. The fraction of sp³-hybridized carbons (Fsp3) is 0.818. The van der Waals surface area contributed by atoms with Gasteiger partial charge in [-0.3, -0.25) is 9.59 Å². The normalized spacial score (nSPS) is 50.7. The van der Waals surface area contributed by atoms with Gasteiger partial charge in [-0.05, 0) is 92.4 Å². The van der Waals surface area contributed by atoms with Gasteiger partial charge in [0.2, 0.25) is 0 Å². The fourth-order valence-corrected chi connectivity index (χ4v) is 8.69. The quantitative estimate of drug-likeness (QED) is 0.829. The van der Waals surface area contributed by atoms with Gasteiger partial charge in [-0.25, -0.2) is 0 Å². The van der Waals surface area contributed by atoms with Gasteiger partial charge in [0.25, 0.3) is 0 Å². The summed E-state index contributed by atoms with van der Waals surface area (Å²) < 4.78 is 0. The lowest BCUT2D eigenvalue weighted by Crippen LogP contribution is -2.54. The Morgan fingerprint density at radius 3 is 2.60 bits per heavy atom. The number of aliphatic hydroxyl groups excluding tert-OH is 1. The summed E-state index contributed by atoms with van der Waals surface area (Å²) in [6, 6.07) is 0. The molecule has 5 rings (SSSR count). The van der Waals surface area contributed by atoms with Crippen LogP contribution in [0.4, 0.5) is 0 Å². The lowest BCUT2D eigenvalue weighted by molar-refractivity contribution is -0.144. The van der Waals surface area contributed by atoms with Crippen LogP contribution in [0.5, 0.6) is 0 Å². The van der Waals surface area contributed by atoms with Crippen molar-refractivity contribution in [3.05, 3.63) is 11.6 Å². The Kier molecular flexibility index (Phi) is 3.28. The van der Waals surface area contributed by atoms with Gasteiger partial charge in [0.1, 0.15) is 6.61 Å². The zero-order valence-corrected chi connectivity index (χ0v) is 15.4. The van der Waals surface area contributed by atoms with E-state index in [1.807, 2.05) is 6.08 Å². The van der Waals surface area contributed by atoms with Crippen LogP contribution >= 0.6 is 0 Å². The van der Waals surface area contributed by atoms with Crippen LogP contribution in [-0.4, -0.2) is 23.3 Å². The van der Waals surface area contributed by atoms with Crippen LogP contribution in [-0.2, 0) is 9.59 Å². The molecule has 5 aliphatic rings. The van der Waals surface area contributed by atoms with Gasteiger partial charge in [0.05, 0.1) is 0 Å². The standard InChI is InChI=1S/C22H30O3/c1-20-7-6-17-16-4-3-15(24)12-14(16)2-5-18(17)21(20)8-10-22(20,11-9-21)19(25)13-23/h12,16-18,23H,2-11,13H2,1H3/t16-,17+,18+,20-,21?,22?/m0/s1. The van der Waals surface area contributed by atoms with Crippen molar-refractivity contribution in [2.75, 3.05) is 6.61 Å². The average Bonchev–Trinajstić information content (AvgIpc) is 3.05. The topological polar surface area (TPSA) is 54.4 Å². The van der Waals surface area contributed by atoms with E-state index in [2.05, 4.69) is 6.92 Å². The second-order valence-corrected chi connectivity index (χ2v) is 9.83. The molecule has 0 aromatic rings. The summed E-state index contributed by atoms with van der Waals surface area (Å²) in [5, 5.41) is 9.64. The molecule has 0 aromatic heterocycles. The summed E-state index contributed by atoms with van der Waals surface area (Å²) in [5.41, 5.74) is 1.59. The maximum Gasteiger partial charge on any atom is 0.164 e. The van der Waals surface area contributed by atoms with E-state index in [4.69, 9.17) is 0 Å². The minimum atomic E-state index is -0.280. The van der Waals surface area contributed by atoms with E-state index in [0.717, 1.165) is 50.4 Å². The number of fused-ring (bicyclic) bond motifs is 3. The third-order valence-corrected chi connectivity index (χ3v) is 9.82. The highest BCUT2D eigenvalue weighted by molar-refractivity contribution is 5.91. The molecule has 2 bridgehead atoms. The SMILES string of the molecule is C[C@]12CC[C@H]3[C@@H](CCC4=CC(=O)CC[C@@H]43)C13CCC2(C(=O)CO)CC3. The molecule has 5 aliphatic carbocycles. The monoisotopic (exact) mass is 342 g/mol. The van der Waals surface area contributed by atoms with Gasteiger partial charge < -0.3 is 5.11 Å². The Labute approximate surface area is 150 Å². The maximum atomic E-state index is 12.8. The summed E-state index contributed by atoms with van der Waals surface area (Å²) in [4.78, 5) is 24.6. The first kappa shape index (κ1) is 16.2. The van der Waals surface area contributed by atoms with E-state index in [-0.39, 0.29) is 23.2 Å². The van der Waals surface area contributed by atoms with Crippen LogP contribution < -0.4 is 0 Å². The largest absolute Gasteiger partial charge is 0.389 e. The predicted molar refractivity (Wildman–Crippen MR) is 94.8 cm³/mol. The number of hydrogen-bond donors (Lipinski definition) is 1. The molecule has 25 heavy (non-hydrogen) atoms. The van der Waals surface area contributed by atoms with Crippen molar-refractivity contribution in [2.24, 2.45) is 34.0 Å². The number of carbonyl (C=O) groups excluding carboxylic acids is 2. The van der Waals surface area contributed by atoms with Crippen molar-refractivity contribution in [1.82, 2.24) is 0 Å². The van der Waals surface area contributed by atoms with E-state index >= 15 is 0 Å². The van der Waals surface area contributed by atoms with Gasteiger partial charge >= 0.3 is 0 Å². The Bertz CT molecular complexity index is 667. The molecule has 0 saturated heterocycles. The minimum absolute atomic E-state index is 0.0900. The Morgan fingerprint density at radius 2 is 1.88 bits per heavy atom. The van der Waals surface area contributed by atoms with Crippen molar-refractivity contribution in [1.29, 1.82) is 0 Å². The Hall–Kier alpha value is -0.960. The van der Waals surface area contributed by atoms with E-state index in [0.29, 0.717) is 17.1 Å². The molecule has 4 atom stereocenters. The lowest BCUT2D eigenvalue weighted by atomic mass is 9.45. The zero-order valence-electron chi connectivity index (χ0n) is 15.4. The molecule has 0 amide bonds. The average molecular weight is 342 g/mol. The highest BCUT2D eigenvalue weighted by Gasteiger charge is 2.75. The predicted octanol–water partition coefficient (Wildman–Crippen LogP) is 3.84.